The topological polar surface area (TPSA) is 69.2 Å². The summed E-state index contributed by atoms with van der Waals surface area (Å²) in [5.74, 6) is 3.23. The predicted molar refractivity (Wildman–Crippen MR) is 117 cm³/mol. The molecule has 1 fully saturated rings. The van der Waals surface area contributed by atoms with Crippen molar-refractivity contribution in [2.45, 2.75) is 33.7 Å². The van der Waals surface area contributed by atoms with Crippen molar-refractivity contribution in [3.63, 3.8) is 0 Å². The van der Waals surface area contributed by atoms with Crippen LogP contribution in [0.25, 0.3) is 11.4 Å². The Morgan fingerprint density at radius 2 is 2.08 bits per heavy atom. The number of aromatic nitrogens is 3. The molecule has 2 atom stereocenters. The van der Waals surface area contributed by atoms with E-state index in [9.17, 15) is 0 Å². The molecule has 0 saturated carbocycles. The van der Waals surface area contributed by atoms with Crippen LogP contribution >= 0.6 is 24.0 Å². The number of piperidine rings is 1. The highest BCUT2D eigenvalue weighted by Gasteiger charge is 2.23. The number of nitrogens with zero attached hydrogens (tertiary/aromatic N) is 4. The van der Waals surface area contributed by atoms with Crippen LogP contribution in [0.4, 0.5) is 0 Å². The van der Waals surface area contributed by atoms with Crippen molar-refractivity contribution in [3.05, 3.63) is 36.2 Å². The number of halogens is 1. The molecule has 0 amide bonds. The van der Waals surface area contributed by atoms with E-state index in [0.29, 0.717) is 18.4 Å². The number of aliphatic imine (C=N–C) groups is 1. The third-order valence-electron chi connectivity index (χ3n) is 4.53. The molecule has 3 rings (SSSR count). The second kappa shape index (κ2) is 9.89. The summed E-state index contributed by atoms with van der Waals surface area (Å²) in [7, 11) is 0. The second-order valence-electron chi connectivity index (χ2n) is 7.06. The number of H-pyrrole nitrogens is 1. The number of likely N-dealkylation sites (tertiary alicyclic amines) is 1. The van der Waals surface area contributed by atoms with Gasteiger partial charge in [-0.3, -0.25) is 5.10 Å². The minimum atomic E-state index is 0. The monoisotopic (exact) mass is 468 g/mol. The zero-order chi connectivity index (χ0) is 17.6. The molecule has 0 spiro atoms. The van der Waals surface area contributed by atoms with Gasteiger partial charge < -0.3 is 10.2 Å². The van der Waals surface area contributed by atoms with Crippen LogP contribution < -0.4 is 5.32 Å². The Balaban J connectivity index is 0.00000243. The Morgan fingerprint density at radius 3 is 2.73 bits per heavy atom. The average Bonchev–Trinajstić information content (AvgIpc) is 3.12. The lowest BCUT2D eigenvalue weighted by molar-refractivity contribution is 0.208. The van der Waals surface area contributed by atoms with Gasteiger partial charge in [0.1, 0.15) is 6.33 Å². The maximum absolute atomic E-state index is 4.88. The molecule has 2 unspecified atom stereocenters. The zero-order valence-corrected chi connectivity index (χ0v) is 18.1. The van der Waals surface area contributed by atoms with Crippen molar-refractivity contribution < 1.29 is 0 Å². The van der Waals surface area contributed by atoms with Gasteiger partial charge in [0, 0.05) is 25.2 Å². The Labute approximate surface area is 172 Å². The first kappa shape index (κ1) is 20.7. The number of benzene rings is 1. The van der Waals surface area contributed by atoms with Gasteiger partial charge in [-0.05, 0) is 36.8 Å². The largest absolute Gasteiger partial charge is 0.357 e. The highest BCUT2D eigenvalue weighted by atomic mass is 127. The molecule has 1 aliphatic rings. The molecule has 2 N–H and O–H groups in total. The first-order chi connectivity index (χ1) is 12.2. The van der Waals surface area contributed by atoms with Crippen LogP contribution in [0.2, 0.25) is 0 Å². The molecule has 7 heteroatoms. The van der Waals surface area contributed by atoms with Crippen molar-refractivity contribution in [1.29, 1.82) is 0 Å². The lowest BCUT2D eigenvalue weighted by Gasteiger charge is -2.37. The minimum absolute atomic E-state index is 0. The molecule has 0 radical (unpaired) electrons. The normalized spacial score (nSPS) is 20.6. The van der Waals surface area contributed by atoms with Crippen molar-refractivity contribution in [2.75, 3.05) is 19.6 Å². The fourth-order valence-electron chi connectivity index (χ4n) is 3.59. The number of aromatic amines is 1. The first-order valence-corrected chi connectivity index (χ1v) is 9.13. The fourth-order valence-corrected chi connectivity index (χ4v) is 3.59. The molecule has 1 aromatic heterocycles. The minimum Gasteiger partial charge on any atom is -0.357 e. The summed E-state index contributed by atoms with van der Waals surface area (Å²) in [5.41, 5.74) is 2.21. The maximum atomic E-state index is 4.88. The van der Waals surface area contributed by atoms with Gasteiger partial charge in [0.05, 0.1) is 6.54 Å². The van der Waals surface area contributed by atoms with Gasteiger partial charge in [-0.25, -0.2) is 9.98 Å². The van der Waals surface area contributed by atoms with Crippen molar-refractivity contribution in [3.8, 4) is 11.4 Å². The van der Waals surface area contributed by atoms with E-state index in [1.54, 1.807) is 0 Å². The van der Waals surface area contributed by atoms with Crippen LogP contribution in [0.3, 0.4) is 0 Å². The number of guanidine groups is 1. The number of nitrogens with one attached hydrogen (secondary N) is 2. The standard InChI is InChI=1S/C19H28N6.HI/c1-4-20-19(25-11-14(2)8-15(3)12-25)21-10-16-6-5-7-17(9-16)18-22-13-23-24-18;/h5-7,9,13-15H,4,8,10-12H2,1-3H3,(H,20,21)(H,22,23,24);1H. The molecule has 1 saturated heterocycles. The summed E-state index contributed by atoms with van der Waals surface area (Å²) < 4.78 is 0. The van der Waals surface area contributed by atoms with Gasteiger partial charge in [0.2, 0.25) is 0 Å². The molecule has 2 aromatic rings. The van der Waals surface area contributed by atoms with E-state index in [0.717, 1.165) is 37.0 Å². The van der Waals surface area contributed by atoms with Gasteiger partial charge in [0.25, 0.3) is 0 Å². The summed E-state index contributed by atoms with van der Waals surface area (Å²) in [6.45, 7) is 10.5. The molecule has 142 valence electrons. The molecule has 1 aromatic carbocycles. The van der Waals surface area contributed by atoms with E-state index in [2.05, 4.69) is 58.3 Å². The van der Waals surface area contributed by atoms with Crippen molar-refractivity contribution >= 4 is 29.9 Å². The molecule has 6 nitrogen and oxygen atoms in total. The quantitative estimate of drug-likeness (QED) is 0.409. The van der Waals surface area contributed by atoms with Crippen LogP contribution in [0.1, 0.15) is 32.8 Å². The zero-order valence-electron chi connectivity index (χ0n) is 15.8. The number of hydrogen-bond acceptors (Lipinski definition) is 3. The number of rotatable bonds is 4. The van der Waals surface area contributed by atoms with Crippen LogP contribution in [-0.2, 0) is 6.54 Å². The Hall–Kier alpha value is -1.64. The Morgan fingerprint density at radius 1 is 1.31 bits per heavy atom. The average molecular weight is 468 g/mol. The molecule has 1 aliphatic heterocycles. The summed E-state index contributed by atoms with van der Waals surface area (Å²) in [4.78, 5) is 11.5. The van der Waals surface area contributed by atoms with Crippen LogP contribution in [-0.4, -0.2) is 45.7 Å². The molecule has 2 heterocycles. The summed E-state index contributed by atoms with van der Waals surface area (Å²) in [5, 5.41) is 10.3. The second-order valence-corrected chi connectivity index (χ2v) is 7.06. The van der Waals surface area contributed by atoms with Crippen molar-refractivity contribution in [1.82, 2.24) is 25.4 Å². The molecule has 0 aliphatic carbocycles. The van der Waals surface area contributed by atoms with Gasteiger partial charge >= 0.3 is 0 Å². The molecule has 26 heavy (non-hydrogen) atoms. The lowest BCUT2D eigenvalue weighted by Crippen LogP contribution is -2.48. The van der Waals surface area contributed by atoms with E-state index >= 15 is 0 Å². The van der Waals surface area contributed by atoms with Gasteiger partial charge in [-0.15, -0.1) is 24.0 Å². The summed E-state index contributed by atoms with van der Waals surface area (Å²) >= 11 is 0. The van der Waals surface area contributed by atoms with E-state index in [1.165, 1.54) is 18.3 Å². The maximum Gasteiger partial charge on any atom is 0.194 e. The van der Waals surface area contributed by atoms with Crippen molar-refractivity contribution in [2.24, 2.45) is 16.8 Å². The SMILES string of the molecule is CCNC(=NCc1cccc(-c2ncn[nH]2)c1)N1CC(C)CC(C)C1.I. The van der Waals surface area contributed by atoms with Gasteiger partial charge in [-0.1, -0.05) is 32.0 Å². The first-order valence-electron chi connectivity index (χ1n) is 9.13. The summed E-state index contributed by atoms with van der Waals surface area (Å²) in [6, 6.07) is 8.30. The predicted octanol–water partition coefficient (Wildman–Crippen LogP) is 3.53. The Bertz CT molecular complexity index is 690. The van der Waals surface area contributed by atoms with E-state index in [4.69, 9.17) is 4.99 Å². The van der Waals surface area contributed by atoms with Gasteiger partial charge in [-0.2, -0.15) is 5.10 Å². The lowest BCUT2D eigenvalue weighted by atomic mass is 9.92. The van der Waals surface area contributed by atoms with E-state index < -0.39 is 0 Å². The molecular formula is C19H29IN6. The van der Waals surface area contributed by atoms with E-state index in [1.807, 2.05) is 12.1 Å². The third kappa shape index (κ3) is 5.43. The van der Waals surface area contributed by atoms with E-state index in [-0.39, 0.29) is 24.0 Å². The smallest absolute Gasteiger partial charge is 0.194 e. The fraction of sp³-hybridized carbons (Fsp3) is 0.526. The highest BCUT2D eigenvalue weighted by molar-refractivity contribution is 14.0. The summed E-state index contributed by atoms with van der Waals surface area (Å²) in [6.07, 6.45) is 2.83. The highest BCUT2D eigenvalue weighted by Crippen LogP contribution is 2.21. The molecular weight excluding hydrogens is 439 g/mol. The van der Waals surface area contributed by atoms with Crippen LogP contribution in [0.5, 0.6) is 0 Å². The van der Waals surface area contributed by atoms with Crippen LogP contribution in [0, 0.1) is 11.8 Å². The third-order valence-corrected chi connectivity index (χ3v) is 4.53. The number of hydrogen-bond donors (Lipinski definition) is 2. The van der Waals surface area contributed by atoms with Crippen LogP contribution in [0.15, 0.2) is 35.6 Å². The Kier molecular flexibility index (Phi) is 7.86. The molecule has 0 bridgehead atoms. The van der Waals surface area contributed by atoms with Gasteiger partial charge in [0.15, 0.2) is 11.8 Å².